The molecule has 0 aromatic heterocycles. The number of hydrogen-bond donors (Lipinski definition) is 1. The predicted octanol–water partition coefficient (Wildman–Crippen LogP) is 1.84. The lowest BCUT2D eigenvalue weighted by Crippen LogP contribution is -2.24. The molecule has 0 saturated heterocycles. The molecule has 0 heterocycles. The largest absolute Gasteiger partial charge is 0.333 e. The van der Waals surface area contributed by atoms with Gasteiger partial charge in [0.25, 0.3) is 0 Å². The molecule has 0 aromatic carbocycles. The molecule has 0 amide bonds. The van der Waals surface area contributed by atoms with E-state index in [1.807, 2.05) is 12.1 Å². The van der Waals surface area contributed by atoms with Crippen molar-refractivity contribution in [3.63, 3.8) is 0 Å². The number of nitriles is 2. The summed E-state index contributed by atoms with van der Waals surface area (Å²) in [5, 5.41) is 17.2. The highest BCUT2D eigenvalue weighted by atomic mass is 31.2. The summed E-state index contributed by atoms with van der Waals surface area (Å²) in [5.41, 5.74) is -2.24. The molecular weight excluding hydrogens is 203 g/mol. The molecule has 0 aliphatic carbocycles. The Morgan fingerprint density at radius 1 is 1.00 bits per heavy atom. The van der Waals surface area contributed by atoms with Crippen LogP contribution in [0.15, 0.2) is 0 Å². The lowest BCUT2D eigenvalue weighted by molar-refractivity contribution is 0.0793. The van der Waals surface area contributed by atoms with E-state index in [1.54, 1.807) is 0 Å². The van der Waals surface area contributed by atoms with Gasteiger partial charge in [0, 0.05) is 0 Å². The van der Waals surface area contributed by atoms with Crippen LogP contribution in [0.1, 0.15) is 27.7 Å². The Hall–Kier alpha value is -0.710. The molecule has 78 valence electrons. The first kappa shape index (κ1) is 13.3. The molecule has 0 aromatic rings. The highest BCUT2D eigenvalue weighted by Crippen LogP contribution is 2.41. The Labute approximate surface area is 84.9 Å². The molecule has 0 unspecified atom stereocenters. The lowest BCUT2D eigenvalue weighted by Gasteiger charge is -2.24. The second kappa shape index (κ2) is 4.68. The summed E-state index contributed by atoms with van der Waals surface area (Å²) in [6.07, 6.45) is 0. The summed E-state index contributed by atoms with van der Waals surface area (Å²) < 4.78 is 9.82. The minimum Gasteiger partial charge on any atom is -0.328 e. The van der Waals surface area contributed by atoms with E-state index in [2.05, 4.69) is 0 Å². The molecule has 0 aliphatic rings. The van der Waals surface area contributed by atoms with Crippen molar-refractivity contribution in [2.75, 3.05) is 0 Å². The second-order valence-corrected chi connectivity index (χ2v) is 4.51. The molecule has 0 saturated carbocycles. The fourth-order valence-electron chi connectivity index (χ4n) is 0.450. The monoisotopic (exact) mass is 216 g/mol. The first-order valence-electron chi connectivity index (χ1n) is 3.92. The van der Waals surface area contributed by atoms with Crippen molar-refractivity contribution in [1.82, 2.24) is 0 Å². The van der Waals surface area contributed by atoms with Crippen LogP contribution in [0, 0.1) is 22.7 Å². The van der Waals surface area contributed by atoms with E-state index in [4.69, 9.17) is 19.6 Å². The van der Waals surface area contributed by atoms with Gasteiger partial charge in [-0.05, 0) is 27.7 Å². The van der Waals surface area contributed by atoms with E-state index in [-0.39, 0.29) is 0 Å². The van der Waals surface area contributed by atoms with Crippen molar-refractivity contribution in [1.29, 1.82) is 10.5 Å². The SMILES string of the molecule is CC(C)(C#N)OP(O)OC(C)(C)C#N. The number of rotatable bonds is 4. The van der Waals surface area contributed by atoms with Crippen molar-refractivity contribution in [2.24, 2.45) is 0 Å². The van der Waals surface area contributed by atoms with Gasteiger partial charge in [0.05, 0.1) is 12.1 Å². The van der Waals surface area contributed by atoms with Crippen LogP contribution in [0.3, 0.4) is 0 Å². The van der Waals surface area contributed by atoms with Gasteiger partial charge in [-0.3, -0.25) is 9.05 Å². The van der Waals surface area contributed by atoms with Gasteiger partial charge in [-0.2, -0.15) is 10.5 Å². The van der Waals surface area contributed by atoms with E-state index in [0.717, 1.165) is 0 Å². The van der Waals surface area contributed by atoms with E-state index in [1.165, 1.54) is 27.7 Å². The zero-order valence-corrected chi connectivity index (χ0v) is 9.50. The van der Waals surface area contributed by atoms with Crippen LogP contribution in [-0.2, 0) is 9.05 Å². The van der Waals surface area contributed by atoms with Crippen molar-refractivity contribution in [2.45, 2.75) is 38.9 Å². The van der Waals surface area contributed by atoms with Crippen molar-refractivity contribution in [3.05, 3.63) is 0 Å². The highest BCUT2D eigenvalue weighted by molar-refractivity contribution is 7.40. The fraction of sp³-hybridized carbons (Fsp3) is 0.750. The van der Waals surface area contributed by atoms with Crippen LogP contribution in [-0.4, -0.2) is 16.1 Å². The average Bonchev–Trinajstić information content (AvgIpc) is 2.02. The van der Waals surface area contributed by atoms with Crippen LogP contribution in [0.2, 0.25) is 0 Å². The van der Waals surface area contributed by atoms with Crippen molar-refractivity contribution in [3.8, 4) is 12.1 Å². The van der Waals surface area contributed by atoms with Gasteiger partial charge in [-0.25, -0.2) is 0 Å². The summed E-state index contributed by atoms with van der Waals surface area (Å²) in [6, 6.07) is 3.69. The fourth-order valence-corrected chi connectivity index (χ4v) is 1.35. The summed E-state index contributed by atoms with van der Waals surface area (Å²) >= 11 is 0. The Bertz CT molecular complexity index is 249. The molecule has 14 heavy (non-hydrogen) atoms. The Morgan fingerprint density at radius 3 is 1.50 bits per heavy atom. The van der Waals surface area contributed by atoms with Crippen LogP contribution >= 0.6 is 8.60 Å². The highest BCUT2D eigenvalue weighted by Gasteiger charge is 2.29. The molecule has 0 spiro atoms. The van der Waals surface area contributed by atoms with E-state index >= 15 is 0 Å². The normalized spacial score (nSPS) is 12.3. The molecule has 0 fully saturated rings. The molecule has 0 rings (SSSR count). The van der Waals surface area contributed by atoms with E-state index in [9.17, 15) is 4.89 Å². The summed E-state index contributed by atoms with van der Waals surface area (Å²) in [7, 11) is -2.21. The number of hydrogen-bond acceptors (Lipinski definition) is 5. The summed E-state index contributed by atoms with van der Waals surface area (Å²) in [6.45, 7) is 6.01. The van der Waals surface area contributed by atoms with Gasteiger partial charge in [0.15, 0.2) is 11.2 Å². The third-order valence-electron chi connectivity index (χ3n) is 1.15. The molecule has 1 N–H and O–H groups in total. The quantitative estimate of drug-likeness (QED) is 0.724. The summed E-state index contributed by atoms with van der Waals surface area (Å²) in [4.78, 5) is 9.30. The average molecular weight is 216 g/mol. The van der Waals surface area contributed by atoms with Gasteiger partial charge >= 0.3 is 8.60 Å². The van der Waals surface area contributed by atoms with Gasteiger partial charge in [-0.1, -0.05) is 0 Å². The Balaban J connectivity index is 4.22. The zero-order chi connectivity index (χ0) is 11.4. The van der Waals surface area contributed by atoms with Crippen LogP contribution in [0.25, 0.3) is 0 Å². The molecule has 0 bridgehead atoms. The third-order valence-corrected chi connectivity index (χ3v) is 2.38. The third kappa shape index (κ3) is 5.11. The van der Waals surface area contributed by atoms with Gasteiger partial charge in [0.2, 0.25) is 0 Å². The molecular formula is C8H13N2O3P. The topological polar surface area (TPSA) is 86.3 Å². The maximum atomic E-state index is 9.30. The lowest BCUT2D eigenvalue weighted by atomic mass is 10.2. The zero-order valence-electron chi connectivity index (χ0n) is 8.61. The Kier molecular flexibility index (Phi) is 4.45. The minimum atomic E-state index is -2.21. The molecule has 0 radical (unpaired) electrons. The van der Waals surface area contributed by atoms with Gasteiger partial charge in [-0.15, -0.1) is 0 Å². The molecule has 0 atom stereocenters. The standard InChI is InChI=1S/C8H13N2O3P/c1-7(2,5-9)12-14(11)13-8(3,4)6-10/h11H,1-4H3. The van der Waals surface area contributed by atoms with Crippen LogP contribution in [0.5, 0.6) is 0 Å². The maximum Gasteiger partial charge on any atom is 0.333 e. The second-order valence-electron chi connectivity index (χ2n) is 3.66. The smallest absolute Gasteiger partial charge is 0.328 e. The molecule has 5 nitrogen and oxygen atoms in total. The van der Waals surface area contributed by atoms with Crippen LogP contribution < -0.4 is 0 Å². The predicted molar refractivity (Wildman–Crippen MR) is 50.7 cm³/mol. The molecule has 0 aliphatic heterocycles. The number of nitrogens with zero attached hydrogens (tertiary/aromatic N) is 2. The first-order chi connectivity index (χ1) is 6.22. The van der Waals surface area contributed by atoms with Crippen molar-refractivity contribution < 1.29 is 13.9 Å². The van der Waals surface area contributed by atoms with E-state index < -0.39 is 19.8 Å². The van der Waals surface area contributed by atoms with Gasteiger partial charge in [0.1, 0.15) is 0 Å². The van der Waals surface area contributed by atoms with Gasteiger partial charge < -0.3 is 4.89 Å². The molecule has 6 heteroatoms. The maximum absolute atomic E-state index is 9.30. The van der Waals surface area contributed by atoms with Crippen molar-refractivity contribution >= 4 is 8.60 Å². The van der Waals surface area contributed by atoms with E-state index in [0.29, 0.717) is 0 Å². The first-order valence-corrected chi connectivity index (χ1v) is 5.05. The van der Waals surface area contributed by atoms with Crippen LogP contribution in [0.4, 0.5) is 0 Å². The summed E-state index contributed by atoms with van der Waals surface area (Å²) in [5.74, 6) is 0. The Morgan fingerprint density at radius 2 is 1.29 bits per heavy atom. The minimum absolute atomic E-state index is 1.12.